The molecule has 2 nitrogen and oxygen atoms in total. The first kappa shape index (κ1) is 6.98. The van der Waals surface area contributed by atoms with Gasteiger partial charge in [-0.1, -0.05) is 11.9 Å². The number of carbonyl (C=O) groups is 1. The van der Waals surface area contributed by atoms with E-state index >= 15 is 0 Å². The Bertz CT molecular complexity index is 49.0. The Morgan fingerprint density at radius 2 is 2.57 bits per heavy atom. The molecule has 7 heavy (non-hydrogen) atoms. The number of hydrogen-bond donors (Lipinski definition) is 1. The van der Waals surface area contributed by atoms with Crippen LogP contribution in [0.4, 0.5) is 0 Å². The van der Waals surface area contributed by atoms with Crippen LogP contribution in [0.25, 0.3) is 0 Å². The van der Waals surface area contributed by atoms with E-state index in [1.54, 1.807) is 11.9 Å². The molecule has 0 aromatic heterocycles. The quantitative estimate of drug-likeness (QED) is 0.331. The molecular weight excluding hydrogens is 110 g/mol. The van der Waals surface area contributed by atoms with E-state index in [2.05, 4.69) is 4.72 Å². The summed E-state index contributed by atoms with van der Waals surface area (Å²) in [6.45, 7) is 0. The normalized spacial score (nSPS) is 8.71. The number of carbonyl (C=O) groups excluding carboxylic acids is 1. The van der Waals surface area contributed by atoms with Crippen LogP contribution in [0.5, 0.6) is 0 Å². The van der Waals surface area contributed by atoms with Crippen molar-refractivity contribution in [3.8, 4) is 0 Å². The molecule has 0 radical (unpaired) electrons. The highest BCUT2D eigenvalue weighted by Gasteiger charge is 1.79. The molecule has 0 atom stereocenters. The van der Waals surface area contributed by atoms with Crippen molar-refractivity contribution < 1.29 is 4.79 Å². The van der Waals surface area contributed by atoms with E-state index in [0.29, 0.717) is 6.42 Å². The number of nitrogens with one attached hydrogen (secondary N) is 1. The third-order valence-corrected chi connectivity index (χ3v) is 1.21. The highest BCUT2D eigenvalue weighted by Crippen LogP contribution is 1.90. The van der Waals surface area contributed by atoms with Crippen molar-refractivity contribution in [3.63, 3.8) is 0 Å². The average molecular weight is 119 g/mol. The fourth-order valence-corrected chi connectivity index (χ4v) is 0.627. The maximum Gasteiger partial charge on any atom is 0.120 e. The van der Waals surface area contributed by atoms with Crippen molar-refractivity contribution in [2.45, 2.75) is 6.42 Å². The Morgan fingerprint density at radius 3 is 3.00 bits per heavy atom. The largest absolute Gasteiger partial charge is 0.303 e. The van der Waals surface area contributed by atoms with Crippen molar-refractivity contribution in [2.75, 3.05) is 12.8 Å². The zero-order valence-electron chi connectivity index (χ0n) is 4.31. The number of hydrogen-bond acceptors (Lipinski definition) is 3. The summed E-state index contributed by atoms with van der Waals surface area (Å²) in [4.78, 5) is 9.64. The highest BCUT2D eigenvalue weighted by molar-refractivity contribution is 7.97. The lowest BCUT2D eigenvalue weighted by molar-refractivity contribution is -0.107. The highest BCUT2D eigenvalue weighted by atomic mass is 32.2. The molecule has 0 unspecified atom stereocenters. The van der Waals surface area contributed by atoms with Gasteiger partial charge in [0, 0.05) is 12.2 Å². The molecule has 0 bridgehead atoms. The molecule has 0 saturated heterocycles. The van der Waals surface area contributed by atoms with Gasteiger partial charge in [0.2, 0.25) is 0 Å². The van der Waals surface area contributed by atoms with Crippen LogP contribution in [0.3, 0.4) is 0 Å². The molecule has 0 spiro atoms. The zero-order valence-corrected chi connectivity index (χ0v) is 5.12. The summed E-state index contributed by atoms with van der Waals surface area (Å²) in [6, 6.07) is 0. The van der Waals surface area contributed by atoms with E-state index in [4.69, 9.17) is 0 Å². The second kappa shape index (κ2) is 5.98. The van der Waals surface area contributed by atoms with Crippen LogP contribution < -0.4 is 4.72 Å². The smallest absolute Gasteiger partial charge is 0.120 e. The standard InChI is InChI=1S/C4H9NOS/c1-5-7-4-2-3-6/h3,5H,2,4H2,1H3. The van der Waals surface area contributed by atoms with Crippen molar-refractivity contribution >= 4 is 18.2 Å². The second-order valence-electron chi connectivity index (χ2n) is 1.01. The lowest BCUT2D eigenvalue weighted by Gasteiger charge is -1.88. The van der Waals surface area contributed by atoms with Crippen LogP contribution >= 0.6 is 11.9 Å². The molecule has 1 N–H and O–H groups in total. The molecule has 0 aliphatic heterocycles. The molecule has 0 heterocycles. The molecule has 0 aliphatic carbocycles. The minimum Gasteiger partial charge on any atom is -0.303 e. The molecular formula is C4H9NOS. The van der Waals surface area contributed by atoms with Crippen molar-refractivity contribution in [2.24, 2.45) is 0 Å². The molecule has 0 aromatic rings. The van der Waals surface area contributed by atoms with Crippen LogP contribution in [0.15, 0.2) is 0 Å². The van der Waals surface area contributed by atoms with E-state index in [0.717, 1.165) is 12.0 Å². The summed E-state index contributed by atoms with van der Waals surface area (Å²) in [6.07, 6.45) is 1.57. The minimum atomic E-state index is 0.644. The summed E-state index contributed by atoms with van der Waals surface area (Å²) in [7, 11) is 1.84. The van der Waals surface area contributed by atoms with Gasteiger partial charge >= 0.3 is 0 Å². The Hall–Kier alpha value is -0.0200. The van der Waals surface area contributed by atoms with Gasteiger partial charge in [-0.15, -0.1) is 0 Å². The van der Waals surface area contributed by atoms with Gasteiger partial charge in [-0.2, -0.15) is 0 Å². The van der Waals surface area contributed by atoms with E-state index < -0.39 is 0 Å². The summed E-state index contributed by atoms with van der Waals surface area (Å²) in [5, 5.41) is 0. The van der Waals surface area contributed by atoms with Crippen LogP contribution in [0, 0.1) is 0 Å². The molecule has 0 aliphatic rings. The first-order valence-electron chi connectivity index (χ1n) is 2.14. The number of rotatable bonds is 4. The Balaban J connectivity index is 2.56. The van der Waals surface area contributed by atoms with Gasteiger partial charge in [0.15, 0.2) is 0 Å². The first-order valence-corrected chi connectivity index (χ1v) is 3.12. The van der Waals surface area contributed by atoms with Gasteiger partial charge in [0.05, 0.1) is 0 Å². The van der Waals surface area contributed by atoms with Gasteiger partial charge < -0.3 is 4.79 Å². The molecule has 0 fully saturated rings. The summed E-state index contributed by atoms with van der Waals surface area (Å²) in [5.41, 5.74) is 0. The Labute approximate surface area is 47.8 Å². The van der Waals surface area contributed by atoms with Gasteiger partial charge in [-0.25, -0.2) is 0 Å². The van der Waals surface area contributed by atoms with Crippen molar-refractivity contribution in [3.05, 3.63) is 0 Å². The Kier molecular flexibility index (Phi) is 5.96. The van der Waals surface area contributed by atoms with Gasteiger partial charge in [0.25, 0.3) is 0 Å². The second-order valence-corrected chi connectivity index (χ2v) is 2.11. The minimum absolute atomic E-state index is 0.644. The topological polar surface area (TPSA) is 29.1 Å². The van der Waals surface area contributed by atoms with E-state index in [1.807, 2.05) is 7.05 Å². The van der Waals surface area contributed by atoms with E-state index in [-0.39, 0.29) is 0 Å². The summed E-state index contributed by atoms with van der Waals surface area (Å²) < 4.78 is 2.86. The van der Waals surface area contributed by atoms with Crippen LogP contribution in [0.2, 0.25) is 0 Å². The van der Waals surface area contributed by atoms with E-state index in [9.17, 15) is 4.79 Å². The predicted molar refractivity (Wildman–Crippen MR) is 32.2 cm³/mol. The van der Waals surface area contributed by atoms with Crippen LogP contribution in [-0.4, -0.2) is 19.1 Å². The lowest BCUT2D eigenvalue weighted by Crippen LogP contribution is -1.93. The van der Waals surface area contributed by atoms with Gasteiger partial charge in [-0.3, -0.25) is 4.72 Å². The SMILES string of the molecule is CNSCCC=O. The fraction of sp³-hybridized carbons (Fsp3) is 0.750. The predicted octanol–water partition coefficient (Wildman–Crippen LogP) is 0.443. The molecule has 0 amide bonds. The Morgan fingerprint density at radius 1 is 1.86 bits per heavy atom. The average Bonchev–Trinajstić information content (AvgIpc) is 1.69. The van der Waals surface area contributed by atoms with Crippen LogP contribution in [-0.2, 0) is 4.79 Å². The monoisotopic (exact) mass is 119 g/mol. The van der Waals surface area contributed by atoms with Gasteiger partial charge in [0.1, 0.15) is 6.29 Å². The molecule has 0 aromatic carbocycles. The lowest BCUT2D eigenvalue weighted by atomic mass is 10.6. The fourth-order valence-electron chi connectivity index (χ4n) is 0.209. The number of aldehydes is 1. The molecule has 0 saturated carbocycles. The zero-order chi connectivity index (χ0) is 5.54. The third kappa shape index (κ3) is 5.98. The molecule has 0 rings (SSSR count). The van der Waals surface area contributed by atoms with Crippen molar-refractivity contribution in [1.29, 1.82) is 0 Å². The summed E-state index contributed by atoms with van der Waals surface area (Å²) >= 11 is 1.55. The van der Waals surface area contributed by atoms with Gasteiger partial charge in [-0.05, 0) is 7.05 Å². The summed E-state index contributed by atoms with van der Waals surface area (Å²) in [5.74, 6) is 0.875. The first-order chi connectivity index (χ1) is 3.41. The molecule has 42 valence electrons. The van der Waals surface area contributed by atoms with Crippen LogP contribution in [0.1, 0.15) is 6.42 Å². The molecule has 3 heteroatoms. The van der Waals surface area contributed by atoms with Crippen molar-refractivity contribution in [1.82, 2.24) is 4.72 Å². The van der Waals surface area contributed by atoms with E-state index in [1.165, 1.54) is 0 Å². The third-order valence-electron chi connectivity index (χ3n) is 0.482. The maximum atomic E-state index is 9.64. The maximum absolute atomic E-state index is 9.64.